The molecule has 3 heteroatoms. The second-order valence-electron chi connectivity index (χ2n) is 3.57. The Morgan fingerprint density at radius 1 is 1.64 bits per heavy atom. The number of likely N-dealkylation sites (tertiary alicyclic amines) is 1. The fourth-order valence-corrected chi connectivity index (χ4v) is 1.63. The molecule has 1 aliphatic rings. The van der Waals surface area contributed by atoms with Crippen LogP contribution < -0.4 is 0 Å². The summed E-state index contributed by atoms with van der Waals surface area (Å²) in [6, 6.07) is 0. The van der Waals surface area contributed by atoms with Gasteiger partial charge in [0, 0.05) is 19.0 Å². The number of hydrogen-bond donors (Lipinski definition) is 1. The lowest BCUT2D eigenvalue weighted by Crippen LogP contribution is -2.30. The quantitative estimate of drug-likeness (QED) is 0.653. The van der Waals surface area contributed by atoms with Gasteiger partial charge in [0.15, 0.2) is 0 Å². The maximum Gasteiger partial charge on any atom is 0.0758 e. The summed E-state index contributed by atoms with van der Waals surface area (Å²) < 4.78 is 0. The van der Waals surface area contributed by atoms with Crippen LogP contribution in [0.15, 0.2) is 0 Å². The van der Waals surface area contributed by atoms with Crippen LogP contribution in [0.3, 0.4) is 0 Å². The van der Waals surface area contributed by atoms with Crippen LogP contribution in [0.2, 0.25) is 0 Å². The van der Waals surface area contributed by atoms with E-state index in [0.717, 1.165) is 38.4 Å². The highest BCUT2D eigenvalue weighted by Crippen LogP contribution is 2.19. The zero-order valence-corrected chi connectivity index (χ0v) is 7.77. The third-order valence-corrected chi connectivity index (χ3v) is 2.41. The van der Waals surface area contributed by atoms with Crippen LogP contribution in [-0.2, 0) is 0 Å². The number of hydrogen-bond acceptors (Lipinski definition) is 2. The van der Waals surface area contributed by atoms with Gasteiger partial charge in [-0.05, 0) is 26.3 Å². The summed E-state index contributed by atoms with van der Waals surface area (Å²) in [4.78, 5) is 2.27. The Hall–Kier alpha value is 0.210. The molecule has 1 saturated heterocycles. The van der Waals surface area contributed by atoms with Crippen molar-refractivity contribution in [3.8, 4) is 0 Å². The highest BCUT2D eigenvalue weighted by atomic mass is 35.5. The van der Waals surface area contributed by atoms with Crippen LogP contribution in [0.1, 0.15) is 19.8 Å². The van der Waals surface area contributed by atoms with Crippen molar-refractivity contribution in [2.24, 2.45) is 0 Å². The molecule has 1 unspecified atom stereocenters. The molecule has 0 aromatic heterocycles. The number of β-amino-alcohol motifs (C(OH)–C–C–N with tert-alkyl or cyclic N) is 1. The number of halogens is 1. The molecule has 0 saturated carbocycles. The normalized spacial score (nSPS) is 33.0. The molecule has 0 spiro atoms. The lowest BCUT2D eigenvalue weighted by molar-refractivity contribution is 0.0689. The van der Waals surface area contributed by atoms with Crippen LogP contribution in [0.4, 0.5) is 0 Å². The first-order valence-electron chi connectivity index (χ1n) is 4.15. The van der Waals surface area contributed by atoms with Crippen molar-refractivity contribution in [2.75, 3.05) is 25.5 Å². The smallest absolute Gasteiger partial charge is 0.0758 e. The Balaban J connectivity index is 2.20. The molecular formula is C8H16ClNO. The summed E-state index contributed by atoms with van der Waals surface area (Å²) in [6.07, 6.45) is 1.92. The summed E-state index contributed by atoms with van der Waals surface area (Å²) in [7, 11) is 0. The SMILES string of the molecule is CC1(O)CCN(CCCCl)C1. The van der Waals surface area contributed by atoms with Gasteiger partial charge >= 0.3 is 0 Å². The average Bonchev–Trinajstić information content (AvgIpc) is 2.26. The fraction of sp³-hybridized carbons (Fsp3) is 1.00. The summed E-state index contributed by atoms with van der Waals surface area (Å²) in [6.45, 7) is 4.75. The molecular weight excluding hydrogens is 162 g/mol. The zero-order valence-electron chi connectivity index (χ0n) is 7.02. The van der Waals surface area contributed by atoms with Crippen LogP contribution in [0.25, 0.3) is 0 Å². The van der Waals surface area contributed by atoms with Crippen molar-refractivity contribution in [2.45, 2.75) is 25.4 Å². The summed E-state index contributed by atoms with van der Waals surface area (Å²) in [5.41, 5.74) is -0.452. The molecule has 1 heterocycles. The Labute approximate surface area is 73.1 Å². The van der Waals surface area contributed by atoms with E-state index in [4.69, 9.17) is 11.6 Å². The van der Waals surface area contributed by atoms with E-state index in [-0.39, 0.29) is 0 Å². The van der Waals surface area contributed by atoms with Crippen LogP contribution in [-0.4, -0.2) is 41.1 Å². The molecule has 0 radical (unpaired) electrons. The van der Waals surface area contributed by atoms with Gasteiger partial charge in [0.1, 0.15) is 0 Å². The van der Waals surface area contributed by atoms with Crippen LogP contribution in [0.5, 0.6) is 0 Å². The number of nitrogens with zero attached hydrogens (tertiary/aromatic N) is 1. The van der Waals surface area contributed by atoms with Crippen molar-refractivity contribution in [3.63, 3.8) is 0 Å². The third-order valence-electron chi connectivity index (χ3n) is 2.14. The number of rotatable bonds is 3. The minimum atomic E-state index is -0.452. The molecule has 1 fully saturated rings. The maximum absolute atomic E-state index is 9.59. The Morgan fingerprint density at radius 2 is 2.36 bits per heavy atom. The van der Waals surface area contributed by atoms with Gasteiger partial charge in [0.05, 0.1) is 5.60 Å². The number of alkyl halides is 1. The van der Waals surface area contributed by atoms with Gasteiger partial charge < -0.3 is 10.0 Å². The lowest BCUT2D eigenvalue weighted by atomic mass is 10.1. The van der Waals surface area contributed by atoms with Gasteiger partial charge in [-0.2, -0.15) is 0 Å². The van der Waals surface area contributed by atoms with Gasteiger partial charge in [-0.1, -0.05) is 0 Å². The molecule has 0 aromatic rings. The fourth-order valence-electron chi connectivity index (χ4n) is 1.51. The Bertz CT molecular complexity index is 127. The molecule has 1 rings (SSSR count). The van der Waals surface area contributed by atoms with Crippen molar-refractivity contribution in [1.82, 2.24) is 4.90 Å². The highest BCUT2D eigenvalue weighted by Gasteiger charge is 2.30. The molecule has 2 nitrogen and oxygen atoms in total. The van der Waals surface area contributed by atoms with Gasteiger partial charge in [0.2, 0.25) is 0 Å². The first-order valence-corrected chi connectivity index (χ1v) is 4.68. The van der Waals surface area contributed by atoms with Gasteiger partial charge in [-0.25, -0.2) is 0 Å². The van der Waals surface area contributed by atoms with E-state index in [1.807, 2.05) is 6.92 Å². The van der Waals surface area contributed by atoms with E-state index in [0.29, 0.717) is 0 Å². The van der Waals surface area contributed by atoms with E-state index >= 15 is 0 Å². The standard InChI is InChI=1S/C8H16ClNO/c1-8(11)3-6-10(7-8)5-2-4-9/h11H,2-7H2,1H3. The molecule has 0 aromatic carbocycles. The zero-order chi connectivity index (χ0) is 8.32. The predicted octanol–water partition coefficient (Wildman–Crippen LogP) is 1.07. The highest BCUT2D eigenvalue weighted by molar-refractivity contribution is 6.17. The lowest BCUT2D eigenvalue weighted by Gasteiger charge is -2.17. The average molecular weight is 178 g/mol. The largest absolute Gasteiger partial charge is 0.389 e. The molecule has 0 amide bonds. The molecule has 0 bridgehead atoms. The second kappa shape index (κ2) is 3.74. The summed E-state index contributed by atoms with van der Waals surface area (Å²) in [5, 5.41) is 9.59. The van der Waals surface area contributed by atoms with Gasteiger partial charge in [0.25, 0.3) is 0 Å². The minimum Gasteiger partial charge on any atom is -0.389 e. The first-order chi connectivity index (χ1) is 5.14. The van der Waals surface area contributed by atoms with E-state index < -0.39 is 5.60 Å². The second-order valence-corrected chi connectivity index (χ2v) is 3.94. The van der Waals surface area contributed by atoms with Crippen LogP contribution >= 0.6 is 11.6 Å². The van der Waals surface area contributed by atoms with Crippen molar-refractivity contribution >= 4 is 11.6 Å². The van der Waals surface area contributed by atoms with Crippen molar-refractivity contribution < 1.29 is 5.11 Å². The molecule has 1 atom stereocenters. The molecule has 11 heavy (non-hydrogen) atoms. The predicted molar refractivity (Wildman–Crippen MR) is 47.0 cm³/mol. The summed E-state index contributed by atoms with van der Waals surface area (Å²) >= 11 is 5.56. The maximum atomic E-state index is 9.59. The van der Waals surface area contributed by atoms with E-state index in [1.165, 1.54) is 0 Å². The monoisotopic (exact) mass is 177 g/mol. The Morgan fingerprint density at radius 3 is 2.82 bits per heavy atom. The van der Waals surface area contributed by atoms with Gasteiger partial charge in [-0.3, -0.25) is 0 Å². The molecule has 1 aliphatic heterocycles. The van der Waals surface area contributed by atoms with E-state index in [2.05, 4.69) is 4.90 Å². The molecule has 1 N–H and O–H groups in total. The van der Waals surface area contributed by atoms with Crippen LogP contribution in [0, 0.1) is 0 Å². The summed E-state index contributed by atoms with van der Waals surface area (Å²) in [5.74, 6) is 0.721. The first kappa shape index (κ1) is 9.30. The molecule has 0 aliphatic carbocycles. The van der Waals surface area contributed by atoms with E-state index in [1.54, 1.807) is 0 Å². The molecule has 66 valence electrons. The number of aliphatic hydroxyl groups is 1. The third kappa shape index (κ3) is 2.97. The van der Waals surface area contributed by atoms with Crippen molar-refractivity contribution in [1.29, 1.82) is 0 Å². The van der Waals surface area contributed by atoms with Crippen molar-refractivity contribution in [3.05, 3.63) is 0 Å². The van der Waals surface area contributed by atoms with Gasteiger partial charge in [-0.15, -0.1) is 11.6 Å². The minimum absolute atomic E-state index is 0.452. The topological polar surface area (TPSA) is 23.5 Å². The van der Waals surface area contributed by atoms with E-state index in [9.17, 15) is 5.11 Å². The Kier molecular flexibility index (Phi) is 3.16.